The van der Waals surface area contributed by atoms with E-state index < -0.39 is 5.69 Å². The predicted molar refractivity (Wildman–Crippen MR) is 104 cm³/mol. The zero-order valence-electron chi connectivity index (χ0n) is 13.9. The van der Waals surface area contributed by atoms with E-state index in [-0.39, 0.29) is 0 Å². The third-order valence-corrected chi connectivity index (χ3v) is 3.96. The van der Waals surface area contributed by atoms with Crippen molar-refractivity contribution in [1.29, 1.82) is 0 Å². The molecule has 0 spiro atoms. The summed E-state index contributed by atoms with van der Waals surface area (Å²) < 4.78 is 6.84. The SMILES string of the molecule is Cc1n[nH]c(=O)nc1N/N=C\c1cccc(OCc2ccc(Br)cc2)c1. The average Bonchev–Trinajstić information content (AvgIpc) is 2.64. The van der Waals surface area contributed by atoms with Crippen molar-refractivity contribution in [3.05, 3.63) is 80.3 Å². The van der Waals surface area contributed by atoms with E-state index in [9.17, 15) is 4.79 Å². The van der Waals surface area contributed by atoms with Gasteiger partial charge in [0.05, 0.1) is 6.21 Å². The fraction of sp³-hybridized carbons (Fsp3) is 0.111. The monoisotopic (exact) mass is 413 g/mol. The average molecular weight is 414 g/mol. The Morgan fingerprint density at radius 2 is 2.08 bits per heavy atom. The van der Waals surface area contributed by atoms with E-state index in [4.69, 9.17) is 4.74 Å². The lowest BCUT2D eigenvalue weighted by Crippen LogP contribution is -2.15. The first kappa shape index (κ1) is 17.8. The topological polar surface area (TPSA) is 92.3 Å². The Labute approximate surface area is 158 Å². The lowest BCUT2D eigenvalue weighted by atomic mass is 10.2. The number of rotatable bonds is 6. The quantitative estimate of drug-likeness (QED) is 0.477. The molecule has 0 saturated carbocycles. The minimum absolute atomic E-state index is 0.313. The van der Waals surface area contributed by atoms with Crippen molar-refractivity contribution < 1.29 is 4.74 Å². The van der Waals surface area contributed by atoms with E-state index in [1.54, 1.807) is 13.1 Å². The molecule has 132 valence electrons. The van der Waals surface area contributed by atoms with E-state index in [1.165, 1.54) is 0 Å². The van der Waals surface area contributed by atoms with Crippen molar-refractivity contribution in [1.82, 2.24) is 15.2 Å². The molecule has 0 radical (unpaired) electrons. The second-order valence-corrected chi connectivity index (χ2v) is 6.35. The van der Waals surface area contributed by atoms with Gasteiger partial charge in [0, 0.05) is 4.47 Å². The number of aromatic amines is 1. The Morgan fingerprint density at radius 1 is 1.27 bits per heavy atom. The molecule has 3 rings (SSSR count). The van der Waals surface area contributed by atoms with Crippen LogP contribution in [0.25, 0.3) is 0 Å². The van der Waals surface area contributed by atoms with Crippen LogP contribution in [0.3, 0.4) is 0 Å². The number of aryl methyl sites for hydroxylation is 1. The first-order chi connectivity index (χ1) is 12.6. The minimum Gasteiger partial charge on any atom is -0.489 e. The standard InChI is InChI=1S/C18H16BrN5O2/c1-12-17(21-18(25)24-22-12)23-20-10-14-3-2-4-16(9-14)26-11-13-5-7-15(19)8-6-13/h2-10H,11H2,1H3,(H2,21,23,24,25)/b20-10-. The van der Waals surface area contributed by atoms with E-state index in [0.717, 1.165) is 21.3 Å². The Hall–Kier alpha value is -3.00. The summed E-state index contributed by atoms with van der Waals surface area (Å²) >= 11 is 3.41. The highest BCUT2D eigenvalue weighted by Gasteiger charge is 2.01. The first-order valence-electron chi connectivity index (χ1n) is 7.80. The number of halogens is 1. The van der Waals surface area contributed by atoms with Crippen molar-refractivity contribution in [2.45, 2.75) is 13.5 Å². The summed E-state index contributed by atoms with van der Waals surface area (Å²) in [7, 11) is 0. The zero-order chi connectivity index (χ0) is 18.4. The van der Waals surface area contributed by atoms with Gasteiger partial charge in [-0.15, -0.1) is 0 Å². The Bertz CT molecular complexity index is 970. The van der Waals surface area contributed by atoms with Crippen molar-refractivity contribution in [3.63, 3.8) is 0 Å². The summed E-state index contributed by atoms with van der Waals surface area (Å²) in [6.07, 6.45) is 1.62. The van der Waals surface area contributed by atoms with E-state index >= 15 is 0 Å². The Balaban J connectivity index is 1.62. The summed E-state index contributed by atoms with van der Waals surface area (Å²) in [6.45, 7) is 2.20. The molecule has 0 unspecified atom stereocenters. The lowest BCUT2D eigenvalue weighted by molar-refractivity contribution is 0.306. The van der Waals surface area contributed by atoms with Crippen LogP contribution in [-0.2, 0) is 6.61 Å². The van der Waals surface area contributed by atoms with E-state index in [1.807, 2.05) is 48.5 Å². The van der Waals surface area contributed by atoms with Crippen LogP contribution in [0.5, 0.6) is 5.75 Å². The number of nitrogens with one attached hydrogen (secondary N) is 2. The molecule has 2 N–H and O–H groups in total. The van der Waals surface area contributed by atoms with Gasteiger partial charge in [0.1, 0.15) is 18.1 Å². The molecule has 7 nitrogen and oxygen atoms in total. The summed E-state index contributed by atoms with van der Waals surface area (Å²) in [4.78, 5) is 15.0. The van der Waals surface area contributed by atoms with Crippen molar-refractivity contribution in [2.24, 2.45) is 5.10 Å². The maximum atomic E-state index is 11.2. The number of aromatic nitrogens is 3. The van der Waals surface area contributed by atoms with Gasteiger partial charge in [0.15, 0.2) is 5.82 Å². The fourth-order valence-electron chi connectivity index (χ4n) is 2.10. The molecule has 1 aromatic heterocycles. The molecule has 0 saturated heterocycles. The number of hydrazone groups is 1. The molecule has 2 aromatic carbocycles. The van der Waals surface area contributed by atoms with Crippen LogP contribution in [0, 0.1) is 6.92 Å². The Kier molecular flexibility index (Phi) is 5.75. The molecule has 0 aliphatic rings. The van der Waals surface area contributed by atoms with Crippen molar-refractivity contribution in [3.8, 4) is 5.75 Å². The fourth-order valence-corrected chi connectivity index (χ4v) is 2.36. The van der Waals surface area contributed by atoms with Crippen LogP contribution in [0.4, 0.5) is 5.82 Å². The van der Waals surface area contributed by atoms with Crippen LogP contribution in [0.15, 0.2) is 62.9 Å². The van der Waals surface area contributed by atoms with Gasteiger partial charge in [-0.05, 0) is 42.3 Å². The lowest BCUT2D eigenvalue weighted by Gasteiger charge is -2.07. The third-order valence-electron chi connectivity index (χ3n) is 3.44. The van der Waals surface area contributed by atoms with Gasteiger partial charge < -0.3 is 4.74 Å². The second kappa shape index (κ2) is 8.39. The van der Waals surface area contributed by atoms with Crippen LogP contribution >= 0.6 is 15.9 Å². The van der Waals surface area contributed by atoms with E-state index in [2.05, 4.69) is 41.6 Å². The van der Waals surface area contributed by atoms with Gasteiger partial charge in [-0.25, -0.2) is 9.89 Å². The molecule has 0 fully saturated rings. The third kappa shape index (κ3) is 5.00. The highest BCUT2D eigenvalue weighted by atomic mass is 79.9. The normalized spacial score (nSPS) is 10.8. The number of ether oxygens (including phenoxy) is 1. The summed E-state index contributed by atoms with van der Waals surface area (Å²) in [5, 5.41) is 10.2. The highest BCUT2D eigenvalue weighted by Crippen LogP contribution is 2.16. The van der Waals surface area contributed by atoms with Crippen LogP contribution < -0.4 is 15.9 Å². The van der Waals surface area contributed by atoms with Crippen molar-refractivity contribution in [2.75, 3.05) is 5.43 Å². The smallest absolute Gasteiger partial charge is 0.363 e. The minimum atomic E-state index is -0.531. The molecular formula is C18H16BrN5O2. The summed E-state index contributed by atoms with van der Waals surface area (Å²) in [5.41, 5.74) is 4.66. The van der Waals surface area contributed by atoms with Gasteiger partial charge in [-0.3, -0.25) is 5.43 Å². The maximum Gasteiger partial charge on any atom is 0.363 e. The maximum absolute atomic E-state index is 11.2. The number of benzene rings is 2. The number of nitrogens with zero attached hydrogens (tertiary/aromatic N) is 3. The first-order valence-corrected chi connectivity index (χ1v) is 8.59. The molecule has 0 aliphatic carbocycles. The molecule has 0 bridgehead atoms. The highest BCUT2D eigenvalue weighted by molar-refractivity contribution is 9.10. The van der Waals surface area contributed by atoms with E-state index in [0.29, 0.717) is 18.1 Å². The molecule has 26 heavy (non-hydrogen) atoms. The zero-order valence-corrected chi connectivity index (χ0v) is 15.5. The molecule has 1 heterocycles. The molecule has 8 heteroatoms. The number of hydrogen-bond acceptors (Lipinski definition) is 6. The van der Waals surface area contributed by atoms with Crippen molar-refractivity contribution >= 4 is 28.0 Å². The summed E-state index contributed by atoms with van der Waals surface area (Å²) in [5.74, 6) is 1.05. The molecule has 0 amide bonds. The molecule has 0 atom stereocenters. The predicted octanol–water partition coefficient (Wildman–Crippen LogP) is 3.26. The van der Waals surface area contributed by atoms with Gasteiger partial charge in [0.2, 0.25) is 0 Å². The molecule has 0 aliphatic heterocycles. The molecular weight excluding hydrogens is 398 g/mol. The Morgan fingerprint density at radius 3 is 2.88 bits per heavy atom. The largest absolute Gasteiger partial charge is 0.489 e. The van der Waals surface area contributed by atoms with Crippen LogP contribution in [0.2, 0.25) is 0 Å². The van der Waals surface area contributed by atoms with Gasteiger partial charge in [-0.1, -0.05) is 40.2 Å². The molecule has 3 aromatic rings. The van der Waals surface area contributed by atoms with Gasteiger partial charge in [-0.2, -0.15) is 15.2 Å². The number of hydrogen-bond donors (Lipinski definition) is 2. The van der Waals surface area contributed by atoms with Crippen LogP contribution in [-0.4, -0.2) is 21.4 Å². The van der Waals surface area contributed by atoms with Gasteiger partial charge in [0.25, 0.3) is 0 Å². The van der Waals surface area contributed by atoms with Gasteiger partial charge >= 0.3 is 5.69 Å². The number of anilines is 1. The van der Waals surface area contributed by atoms with Crippen LogP contribution in [0.1, 0.15) is 16.8 Å². The number of H-pyrrole nitrogens is 1. The second-order valence-electron chi connectivity index (χ2n) is 5.43. The summed E-state index contributed by atoms with van der Waals surface area (Å²) in [6, 6.07) is 15.5.